The summed E-state index contributed by atoms with van der Waals surface area (Å²) in [5, 5.41) is 17.0. The van der Waals surface area contributed by atoms with Gasteiger partial charge in [-0.1, -0.05) is 73.8 Å². The van der Waals surface area contributed by atoms with Gasteiger partial charge in [-0.05, 0) is 46.5 Å². The van der Waals surface area contributed by atoms with Crippen LogP contribution in [0.3, 0.4) is 0 Å². The number of hydrogen-bond donors (Lipinski definition) is 3. The lowest BCUT2D eigenvalue weighted by Gasteiger charge is -2.15. The van der Waals surface area contributed by atoms with Gasteiger partial charge >= 0.3 is 0 Å². The molecule has 0 unspecified atom stereocenters. The molecule has 2 aromatic heterocycles. The van der Waals surface area contributed by atoms with Crippen LogP contribution in [-0.2, 0) is 26.3 Å². The molecule has 206 valence electrons. The van der Waals surface area contributed by atoms with Gasteiger partial charge in [-0.25, -0.2) is 0 Å². The van der Waals surface area contributed by atoms with Crippen molar-refractivity contribution >= 4 is 12.2 Å². The number of rotatable bonds is 16. The van der Waals surface area contributed by atoms with E-state index in [1.165, 1.54) is 0 Å². The predicted octanol–water partition coefficient (Wildman–Crippen LogP) is 5.16. The molecule has 0 fully saturated rings. The Labute approximate surface area is 236 Å². The molecule has 0 bridgehead atoms. The third-order valence-corrected chi connectivity index (χ3v) is 6.26. The van der Waals surface area contributed by atoms with Gasteiger partial charge < -0.3 is 25.2 Å². The van der Waals surface area contributed by atoms with Gasteiger partial charge in [0.25, 0.3) is 0 Å². The fourth-order valence-corrected chi connectivity index (χ4v) is 3.98. The van der Waals surface area contributed by atoms with Crippen LogP contribution >= 0.6 is 0 Å². The Morgan fingerprint density at radius 3 is 1.50 bits per heavy atom. The fourth-order valence-electron chi connectivity index (χ4n) is 3.98. The van der Waals surface area contributed by atoms with Crippen LogP contribution in [-0.4, -0.2) is 34.3 Å². The third-order valence-electron chi connectivity index (χ3n) is 6.26. The van der Waals surface area contributed by atoms with Crippen molar-refractivity contribution in [3.63, 3.8) is 0 Å². The average Bonchev–Trinajstić information content (AvgIpc) is 3.00. The highest BCUT2D eigenvalue weighted by Crippen LogP contribution is 2.19. The van der Waals surface area contributed by atoms with Crippen molar-refractivity contribution in [2.24, 2.45) is 0 Å². The van der Waals surface area contributed by atoms with E-state index in [1.54, 1.807) is 12.4 Å². The standard InChI is InChI=1S/C33H36N4O3/c1-3-25-9-13-27(14-10-25)23-39-32-7-5-17-36-30(32)21-34-19-29(38)20-35-22-31-33(8-6-18-37-31)40-24-28-15-11-26(4-2)12-16-28/h3-18,29,34-35,38H,1-2,19-24H2. The Morgan fingerprint density at radius 1 is 0.675 bits per heavy atom. The molecule has 3 N–H and O–H groups in total. The molecule has 4 rings (SSSR count). The van der Waals surface area contributed by atoms with Crippen molar-refractivity contribution < 1.29 is 14.6 Å². The third kappa shape index (κ3) is 8.88. The van der Waals surface area contributed by atoms with Gasteiger partial charge in [0.2, 0.25) is 0 Å². The van der Waals surface area contributed by atoms with E-state index in [-0.39, 0.29) is 0 Å². The van der Waals surface area contributed by atoms with Crippen molar-refractivity contribution in [3.05, 3.63) is 132 Å². The minimum absolute atomic E-state index is 0.401. The van der Waals surface area contributed by atoms with E-state index < -0.39 is 6.10 Å². The zero-order valence-electron chi connectivity index (χ0n) is 22.6. The maximum atomic E-state index is 10.5. The summed E-state index contributed by atoms with van der Waals surface area (Å²) in [6.07, 6.45) is 6.52. The number of benzene rings is 2. The summed E-state index contributed by atoms with van der Waals surface area (Å²) in [5.74, 6) is 1.43. The fraction of sp³-hybridized carbons (Fsp3) is 0.212. The van der Waals surface area contributed by atoms with Crippen LogP contribution in [0.25, 0.3) is 12.2 Å². The second kappa shape index (κ2) is 15.3. The lowest BCUT2D eigenvalue weighted by atomic mass is 10.1. The number of pyridine rings is 2. The summed E-state index contributed by atoms with van der Waals surface area (Å²) in [7, 11) is 0. The molecule has 40 heavy (non-hydrogen) atoms. The first kappa shape index (κ1) is 28.7. The van der Waals surface area contributed by atoms with Gasteiger partial charge in [0.15, 0.2) is 0 Å². The van der Waals surface area contributed by atoms with E-state index in [0.717, 1.165) is 45.1 Å². The van der Waals surface area contributed by atoms with E-state index in [0.29, 0.717) is 39.4 Å². The van der Waals surface area contributed by atoms with Gasteiger partial charge in [0.1, 0.15) is 24.7 Å². The average molecular weight is 537 g/mol. The van der Waals surface area contributed by atoms with Crippen molar-refractivity contribution in [1.82, 2.24) is 20.6 Å². The summed E-state index contributed by atoms with van der Waals surface area (Å²) in [4.78, 5) is 8.90. The monoisotopic (exact) mass is 536 g/mol. The number of aromatic nitrogens is 2. The second-order valence-electron chi connectivity index (χ2n) is 9.28. The first-order valence-corrected chi connectivity index (χ1v) is 13.3. The Morgan fingerprint density at radius 2 is 1.10 bits per heavy atom. The summed E-state index contributed by atoms with van der Waals surface area (Å²) in [6, 6.07) is 23.7. The van der Waals surface area contributed by atoms with Crippen molar-refractivity contribution in [3.8, 4) is 11.5 Å². The molecule has 0 amide bonds. The number of aliphatic hydroxyl groups is 1. The molecule has 0 aliphatic rings. The zero-order chi connectivity index (χ0) is 28.0. The van der Waals surface area contributed by atoms with Crippen LogP contribution in [0.15, 0.2) is 98.3 Å². The summed E-state index contributed by atoms with van der Waals surface area (Å²) in [5.41, 5.74) is 5.86. The quantitative estimate of drug-likeness (QED) is 0.182. The van der Waals surface area contributed by atoms with Crippen LogP contribution < -0.4 is 20.1 Å². The van der Waals surface area contributed by atoms with Gasteiger partial charge in [-0.3, -0.25) is 9.97 Å². The SMILES string of the molecule is C=Cc1ccc(COc2cccnc2CNCC(O)CNCc2ncccc2OCc2ccc(C=C)cc2)cc1. The van der Waals surface area contributed by atoms with Crippen LogP contribution in [0.4, 0.5) is 0 Å². The van der Waals surface area contributed by atoms with Crippen LogP contribution in [0.2, 0.25) is 0 Å². The molecule has 7 nitrogen and oxygen atoms in total. The lowest BCUT2D eigenvalue weighted by Crippen LogP contribution is -2.35. The van der Waals surface area contributed by atoms with E-state index >= 15 is 0 Å². The largest absolute Gasteiger partial charge is 0.487 e. The van der Waals surface area contributed by atoms with Gasteiger partial charge in [-0.2, -0.15) is 0 Å². The van der Waals surface area contributed by atoms with Crippen LogP contribution in [0.1, 0.15) is 33.6 Å². The molecule has 4 aromatic rings. The number of hydrogen-bond acceptors (Lipinski definition) is 7. The van der Waals surface area contributed by atoms with E-state index in [2.05, 4.69) is 33.8 Å². The number of nitrogens with one attached hydrogen (secondary N) is 2. The van der Waals surface area contributed by atoms with E-state index in [4.69, 9.17) is 9.47 Å². The van der Waals surface area contributed by atoms with E-state index in [9.17, 15) is 5.11 Å². The van der Waals surface area contributed by atoms with Crippen molar-refractivity contribution in [1.29, 1.82) is 0 Å². The Hall–Kier alpha value is -4.30. The number of ether oxygens (including phenoxy) is 2. The zero-order valence-corrected chi connectivity index (χ0v) is 22.6. The van der Waals surface area contributed by atoms with Crippen molar-refractivity contribution in [2.75, 3.05) is 13.1 Å². The molecule has 0 saturated heterocycles. The molecular formula is C33H36N4O3. The maximum absolute atomic E-state index is 10.5. The second-order valence-corrected chi connectivity index (χ2v) is 9.28. The van der Waals surface area contributed by atoms with Gasteiger partial charge in [0, 0.05) is 38.6 Å². The highest BCUT2D eigenvalue weighted by molar-refractivity contribution is 5.47. The predicted molar refractivity (Wildman–Crippen MR) is 160 cm³/mol. The summed E-state index contributed by atoms with van der Waals surface area (Å²) >= 11 is 0. The van der Waals surface area contributed by atoms with E-state index in [1.807, 2.05) is 84.9 Å². The molecular weight excluding hydrogens is 500 g/mol. The van der Waals surface area contributed by atoms with Gasteiger partial charge in [0.05, 0.1) is 17.5 Å². The highest BCUT2D eigenvalue weighted by atomic mass is 16.5. The number of nitrogens with zero attached hydrogens (tertiary/aromatic N) is 2. The molecule has 0 saturated carbocycles. The molecule has 0 radical (unpaired) electrons. The Bertz CT molecular complexity index is 1250. The highest BCUT2D eigenvalue weighted by Gasteiger charge is 2.10. The first-order chi connectivity index (χ1) is 19.6. The Balaban J connectivity index is 1.19. The van der Waals surface area contributed by atoms with Crippen molar-refractivity contribution in [2.45, 2.75) is 32.4 Å². The minimum atomic E-state index is -0.590. The Kier molecular flexibility index (Phi) is 11.0. The normalized spacial score (nSPS) is 10.8. The molecule has 2 aromatic carbocycles. The lowest BCUT2D eigenvalue weighted by molar-refractivity contribution is 0.167. The molecule has 0 aliphatic carbocycles. The van der Waals surface area contributed by atoms with Crippen LogP contribution in [0, 0.1) is 0 Å². The first-order valence-electron chi connectivity index (χ1n) is 13.3. The molecule has 0 spiro atoms. The molecule has 0 aliphatic heterocycles. The number of aliphatic hydroxyl groups excluding tert-OH is 1. The molecule has 0 atom stereocenters. The molecule has 2 heterocycles. The minimum Gasteiger partial charge on any atom is -0.487 e. The van der Waals surface area contributed by atoms with Crippen LogP contribution in [0.5, 0.6) is 11.5 Å². The maximum Gasteiger partial charge on any atom is 0.142 e. The van der Waals surface area contributed by atoms with Gasteiger partial charge in [-0.15, -0.1) is 0 Å². The summed E-state index contributed by atoms with van der Waals surface area (Å²) in [6.45, 7) is 10.2. The smallest absolute Gasteiger partial charge is 0.142 e. The molecule has 7 heteroatoms. The summed E-state index contributed by atoms with van der Waals surface area (Å²) < 4.78 is 12.0. The topological polar surface area (TPSA) is 88.5 Å².